The van der Waals surface area contributed by atoms with Gasteiger partial charge in [-0.15, -0.1) is 0 Å². The topological polar surface area (TPSA) is 79.8 Å². The van der Waals surface area contributed by atoms with Gasteiger partial charge in [0, 0.05) is 26.2 Å². The van der Waals surface area contributed by atoms with Crippen molar-refractivity contribution in [3.05, 3.63) is 151 Å². The van der Waals surface area contributed by atoms with Crippen LogP contribution in [-0.4, -0.2) is 9.97 Å². The zero-order valence-corrected chi connectivity index (χ0v) is 49.4. The Balaban J connectivity index is 1.85. The zero-order valence-electron chi connectivity index (χ0n) is 49.4. The van der Waals surface area contributed by atoms with E-state index >= 15 is 0 Å². The average Bonchev–Trinajstić information content (AvgIpc) is 3.22. The lowest BCUT2D eigenvalue weighted by Crippen LogP contribution is -2.29. The van der Waals surface area contributed by atoms with E-state index in [1.807, 2.05) is 0 Å². The fourth-order valence-corrected chi connectivity index (χ4v) is 8.90. The van der Waals surface area contributed by atoms with Crippen molar-refractivity contribution in [2.24, 2.45) is 0 Å². The molecule has 72 heavy (non-hydrogen) atoms. The molecule has 0 spiro atoms. The SMILES string of the molecule is CC(C)(C)c1cc(CN(Cc2cc(C(C)(C)C)cc(C(C)(C)C)c2)c2nc(C#N)c(N(Cc3cc(C(C)(C)C)cc(C(C)(C)C)c3)Cc3cc(C(C)(C)C)cc(C(C)(C)C)c3)nc2C#N)cc(C(C)(C)C)c1. The Morgan fingerprint density at radius 1 is 0.292 bits per heavy atom. The van der Waals surface area contributed by atoms with Crippen LogP contribution in [0, 0.1) is 22.7 Å². The van der Waals surface area contributed by atoms with Gasteiger partial charge < -0.3 is 9.80 Å². The molecule has 6 nitrogen and oxygen atoms in total. The molecule has 0 aliphatic rings. The number of hydrogen-bond acceptors (Lipinski definition) is 6. The molecule has 0 saturated heterocycles. The summed E-state index contributed by atoms with van der Waals surface area (Å²) in [4.78, 5) is 15.0. The predicted molar refractivity (Wildman–Crippen MR) is 307 cm³/mol. The molecule has 5 aromatic rings. The highest BCUT2D eigenvalue weighted by Crippen LogP contribution is 2.38. The molecule has 0 N–H and O–H groups in total. The summed E-state index contributed by atoms with van der Waals surface area (Å²) in [5.41, 5.74) is 14.1. The molecule has 0 radical (unpaired) electrons. The summed E-state index contributed by atoms with van der Waals surface area (Å²) in [5.74, 6) is 0.813. The third-order valence-corrected chi connectivity index (χ3v) is 14.1. The van der Waals surface area contributed by atoms with Crippen LogP contribution >= 0.6 is 0 Å². The Morgan fingerprint density at radius 3 is 0.569 bits per heavy atom. The molecule has 0 aliphatic heterocycles. The standard InChI is InChI=1S/C66H92N6/c1-59(2,3)47-25-43(26-48(33-47)60(4,5)6)39-71(40-44-27-49(61(7,8)9)34-50(28-44)62(10,11)12)57-55(37-67)70-58(56(38-68)69-57)72(41-45-29-51(63(13,14)15)35-52(30-45)64(16,17)18)42-46-31-53(65(19,20)21)36-54(32-46)66(22,23)24/h25-36H,39-42H2,1-24H3. The van der Waals surface area contributed by atoms with Gasteiger partial charge >= 0.3 is 0 Å². The van der Waals surface area contributed by atoms with Gasteiger partial charge in [0.05, 0.1) is 0 Å². The minimum Gasteiger partial charge on any atom is -0.346 e. The van der Waals surface area contributed by atoms with Crippen molar-refractivity contribution in [2.45, 2.75) is 236 Å². The van der Waals surface area contributed by atoms with Crippen molar-refractivity contribution in [3.63, 3.8) is 0 Å². The maximum absolute atomic E-state index is 11.4. The van der Waals surface area contributed by atoms with Gasteiger partial charge in [0.1, 0.15) is 12.1 Å². The Kier molecular flexibility index (Phi) is 16.0. The van der Waals surface area contributed by atoms with Crippen molar-refractivity contribution in [2.75, 3.05) is 9.80 Å². The van der Waals surface area contributed by atoms with Gasteiger partial charge in [-0.2, -0.15) is 10.5 Å². The molecule has 1 aromatic heterocycles. The molecule has 4 aromatic carbocycles. The lowest BCUT2D eigenvalue weighted by Gasteiger charge is -2.32. The monoisotopic (exact) mass is 969 g/mol. The quantitative estimate of drug-likeness (QED) is 0.139. The summed E-state index contributed by atoms with van der Waals surface area (Å²) in [6, 6.07) is 32.9. The van der Waals surface area contributed by atoms with E-state index in [2.05, 4.69) is 261 Å². The van der Waals surface area contributed by atoms with Crippen LogP contribution in [0.2, 0.25) is 0 Å². The van der Waals surface area contributed by atoms with Crippen LogP contribution in [0.5, 0.6) is 0 Å². The van der Waals surface area contributed by atoms with E-state index in [-0.39, 0.29) is 54.7 Å². The highest BCUT2D eigenvalue weighted by atomic mass is 15.2. The first-order valence-electron chi connectivity index (χ1n) is 26.4. The maximum atomic E-state index is 11.4. The molecule has 0 aliphatic carbocycles. The van der Waals surface area contributed by atoms with Crippen LogP contribution in [0.4, 0.5) is 11.6 Å². The maximum Gasteiger partial charge on any atom is 0.185 e. The van der Waals surface area contributed by atoms with Crippen LogP contribution in [0.1, 0.15) is 244 Å². The Bertz CT molecular complexity index is 2360. The molecule has 0 fully saturated rings. The number of hydrogen-bond donors (Lipinski definition) is 0. The van der Waals surface area contributed by atoms with E-state index in [9.17, 15) is 10.5 Å². The van der Waals surface area contributed by atoms with Gasteiger partial charge in [-0.25, -0.2) is 9.97 Å². The first-order chi connectivity index (χ1) is 32.6. The number of nitrogens with zero attached hydrogens (tertiary/aromatic N) is 6. The second-order valence-electron chi connectivity index (χ2n) is 29.2. The molecule has 0 amide bonds. The average molecular weight is 970 g/mol. The largest absolute Gasteiger partial charge is 0.346 e. The molecule has 6 heteroatoms. The van der Waals surface area contributed by atoms with Gasteiger partial charge in [0.15, 0.2) is 23.0 Å². The van der Waals surface area contributed by atoms with Crippen molar-refractivity contribution in [1.29, 1.82) is 10.5 Å². The van der Waals surface area contributed by atoms with Crippen LogP contribution in [0.3, 0.4) is 0 Å². The van der Waals surface area contributed by atoms with Crippen LogP contribution in [-0.2, 0) is 69.5 Å². The Hall–Kier alpha value is -5.46. The van der Waals surface area contributed by atoms with Crippen LogP contribution in [0.15, 0.2) is 72.8 Å². The summed E-state index contributed by atoms with van der Waals surface area (Å²) in [5, 5.41) is 22.8. The number of benzene rings is 4. The van der Waals surface area contributed by atoms with E-state index in [4.69, 9.17) is 9.97 Å². The molecule has 0 bridgehead atoms. The Labute approximate surface area is 438 Å². The molecule has 386 valence electrons. The van der Waals surface area contributed by atoms with Crippen molar-refractivity contribution in [3.8, 4) is 12.1 Å². The molecule has 0 unspecified atom stereocenters. The number of aromatic nitrogens is 2. The van der Waals surface area contributed by atoms with E-state index < -0.39 is 0 Å². The van der Waals surface area contributed by atoms with E-state index in [1.165, 1.54) is 44.5 Å². The third kappa shape index (κ3) is 14.4. The van der Waals surface area contributed by atoms with Crippen molar-refractivity contribution >= 4 is 11.6 Å². The number of rotatable bonds is 10. The third-order valence-electron chi connectivity index (χ3n) is 14.1. The molecular weight excluding hydrogens is 877 g/mol. The number of nitriles is 2. The summed E-state index contributed by atoms with van der Waals surface area (Å²) in [6.07, 6.45) is 0. The lowest BCUT2D eigenvalue weighted by molar-refractivity contribution is 0.564. The van der Waals surface area contributed by atoms with E-state index in [0.29, 0.717) is 37.8 Å². The van der Waals surface area contributed by atoms with E-state index in [1.54, 1.807) is 0 Å². The molecule has 5 rings (SSSR count). The highest BCUT2D eigenvalue weighted by Gasteiger charge is 2.30. The zero-order chi connectivity index (χ0) is 54.5. The second-order valence-corrected chi connectivity index (χ2v) is 29.2. The minimum atomic E-state index is -0.0969. The molecule has 1 heterocycles. The van der Waals surface area contributed by atoms with Gasteiger partial charge in [-0.05, 0) is 110 Å². The minimum absolute atomic E-state index is 0.0969. The fourth-order valence-electron chi connectivity index (χ4n) is 8.90. The van der Waals surface area contributed by atoms with Crippen LogP contribution in [0.25, 0.3) is 0 Å². The smallest absolute Gasteiger partial charge is 0.185 e. The van der Waals surface area contributed by atoms with Gasteiger partial charge in [0.25, 0.3) is 0 Å². The van der Waals surface area contributed by atoms with E-state index in [0.717, 1.165) is 22.3 Å². The molecule has 0 saturated carbocycles. The summed E-state index contributed by atoms with van der Waals surface area (Å²) in [7, 11) is 0. The first kappa shape index (κ1) is 57.4. The van der Waals surface area contributed by atoms with Crippen LogP contribution < -0.4 is 9.80 Å². The summed E-state index contributed by atoms with van der Waals surface area (Å²) >= 11 is 0. The number of anilines is 2. The highest BCUT2D eigenvalue weighted by molar-refractivity contribution is 5.62. The predicted octanol–water partition coefficient (Wildman–Crippen LogP) is 17.0. The molecular formula is C66H92N6. The Morgan fingerprint density at radius 2 is 0.444 bits per heavy atom. The second kappa shape index (κ2) is 20.1. The fraction of sp³-hybridized carbons (Fsp3) is 0.545. The van der Waals surface area contributed by atoms with Gasteiger partial charge in [-0.3, -0.25) is 0 Å². The first-order valence-corrected chi connectivity index (χ1v) is 26.4. The summed E-state index contributed by atoms with van der Waals surface area (Å²) < 4.78 is 0. The summed E-state index contributed by atoms with van der Waals surface area (Å²) in [6.45, 7) is 56.1. The van der Waals surface area contributed by atoms with Crippen molar-refractivity contribution in [1.82, 2.24) is 9.97 Å². The van der Waals surface area contributed by atoms with Gasteiger partial charge in [-0.1, -0.05) is 239 Å². The normalized spacial score (nSPS) is 13.2. The van der Waals surface area contributed by atoms with Crippen molar-refractivity contribution < 1.29 is 0 Å². The molecule has 0 atom stereocenters. The lowest BCUT2D eigenvalue weighted by atomic mass is 9.79. The van der Waals surface area contributed by atoms with Gasteiger partial charge in [0.2, 0.25) is 0 Å².